The molecule has 0 saturated carbocycles. The summed E-state index contributed by atoms with van der Waals surface area (Å²) in [5.41, 5.74) is 0. The second-order valence-corrected chi connectivity index (χ2v) is 4.58. The van der Waals surface area contributed by atoms with Crippen molar-refractivity contribution in [2.24, 2.45) is 5.92 Å². The van der Waals surface area contributed by atoms with Gasteiger partial charge in [-0.2, -0.15) is 0 Å². The third-order valence-corrected chi connectivity index (χ3v) is 2.61. The topological polar surface area (TPSA) is 61.8 Å². The predicted molar refractivity (Wildman–Crippen MR) is 61.1 cm³/mol. The Morgan fingerprint density at radius 2 is 2.38 bits per heavy atom. The maximum Gasteiger partial charge on any atom is 0.234 e. The first kappa shape index (κ1) is 13.4. The van der Waals surface area contributed by atoms with Crippen LogP contribution in [0, 0.1) is 5.92 Å². The van der Waals surface area contributed by atoms with Gasteiger partial charge in [0.25, 0.3) is 0 Å². The van der Waals surface area contributed by atoms with Gasteiger partial charge in [0.05, 0.1) is 32.4 Å². The molecule has 1 aliphatic heterocycles. The molecule has 16 heavy (non-hydrogen) atoms. The maximum atomic E-state index is 11.6. The zero-order valence-electron chi connectivity index (χ0n) is 10.1. The van der Waals surface area contributed by atoms with Crippen molar-refractivity contribution in [1.82, 2.24) is 10.2 Å². The van der Waals surface area contributed by atoms with Gasteiger partial charge in [0.2, 0.25) is 5.91 Å². The molecule has 1 fully saturated rings. The molecule has 0 spiro atoms. The molecule has 0 bridgehead atoms. The van der Waals surface area contributed by atoms with Crippen molar-refractivity contribution in [3.8, 4) is 0 Å². The highest BCUT2D eigenvalue weighted by molar-refractivity contribution is 5.78. The van der Waals surface area contributed by atoms with Crippen LogP contribution in [0.4, 0.5) is 0 Å². The lowest BCUT2D eigenvalue weighted by molar-refractivity contribution is -0.125. The molecule has 1 aliphatic rings. The van der Waals surface area contributed by atoms with Crippen molar-refractivity contribution < 1.29 is 14.6 Å². The number of ether oxygens (including phenoxy) is 1. The molecule has 1 heterocycles. The van der Waals surface area contributed by atoms with E-state index in [0.717, 1.165) is 0 Å². The molecule has 94 valence electrons. The maximum absolute atomic E-state index is 11.6. The van der Waals surface area contributed by atoms with E-state index < -0.39 is 0 Å². The number of hydrogen-bond acceptors (Lipinski definition) is 4. The molecule has 1 atom stereocenters. The van der Waals surface area contributed by atoms with Gasteiger partial charge in [-0.25, -0.2) is 0 Å². The van der Waals surface area contributed by atoms with Crippen molar-refractivity contribution in [3.63, 3.8) is 0 Å². The molecule has 1 amide bonds. The first-order valence-electron chi connectivity index (χ1n) is 5.82. The molecule has 1 unspecified atom stereocenters. The van der Waals surface area contributed by atoms with Crippen molar-refractivity contribution in [2.45, 2.75) is 19.9 Å². The molecule has 2 N–H and O–H groups in total. The van der Waals surface area contributed by atoms with Crippen LogP contribution in [0.5, 0.6) is 0 Å². The van der Waals surface area contributed by atoms with E-state index in [4.69, 9.17) is 9.84 Å². The monoisotopic (exact) mass is 230 g/mol. The zero-order chi connectivity index (χ0) is 12.0. The highest BCUT2D eigenvalue weighted by atomic mass is 16.5. The minimum atomic E-state index is -0.0430. The lowest BCUT2D eigenvalue weighted by atomic mass is 10.2. The van der Waals surface area contributed by atoms with Crippen LogP contribution in [0.1, 0.15) is 13.8 Å². The Bertz CT molecular complexity index is 221. The van der Waals surface area contributed by atoms with Crippen LogP contribution in [0.15, 0.2) is 0 Å². The van der Waals surface area contributed by atoms with E-state index in [-0.39, 0.29) is 18.6 Å². The molecular formula is C11H22N2O3. The summed E-state index contributed by atoms with van der Waals surface area (Å²) in [6.45, 7) is 7.06. The second-order valence-electron chi connectivity index (χ2n) is 4.58. The number of carbonyl (C=O) groups is 1. The Labute approximate surface area is 96.8 Å². The largest absolute Gasteiger partial charge is 0.395 e. The minimum absolute atomic E-state index is 0.0223. The average Bonchev–Trinajstić information content (AvgIpc) is 2.27. The summed E-state index contributed by atoms with van der Waals surface area (Å²) in [5.74, 6) is 0.483. The molecule has 0 aliphatic carbocycles. The lowest BCUT2D eigenvalue weighted by Crippen LogP contribution is -2.51. The number of carbonyl (C=O) groups excluding carboxylic acids is 1. The van der Waals surface area contributed by atoms with Gasteiger partial charge in [-0.05, 0) is 5.92 Å². The van der Waals surface area contributed by atoms with Gasteiger partial charge < -0.3 is 15.2 Å². The fourth-order valence-electron chi connectivity index (χ4n) is 1.62. The van der Waals surface area contributed by atoms with E-state index >= 15 is 0 Å². The molecule has 0 aromatic rings. The van der Waals surface area contributed by atoms with Crippen LogP contribution >= 0.6 is 0 Å². The number of aliphatic hydroxyl groups is 1. The van der Waals surface area contributed by atoms with Crippen LogP contribution in [0.2, 0.25) is 0 Å². The van der Waals surface area contributed by atoms with Gasteiger partial charge in [0.1, 0.15) is 0 Å². The Kier molecular flexibility index (Phi) is 5.73. The third kappa shape index (κ3) is 4.47. The van der Waals surface area contributed by atoms with Gasteiger partial charge in [-0.3, -0.25) is 9.69 Å². The van der Waals surface area contributed by atoms with E-state index in [1.807, 2.05) is 4.90 Å². The number of hydrogen-bond donors (Lipinski definition) is 2. The number of aliphatic hydroxyl groups excluding tert-OH is 1. The second kappa shape index (κ2) is 6.83. The van der Waals surface area contributed by atoms with Crippen LogP contribution in [-0.2, 0) is 9.53 Å². The van der Waals surface area contributed by atoms with Gasteiger partial charge in [0, 0.05) is 13.1 Å². The zero-order valence-corrected chi connectivity index (χ0v) is 10.1. The Balaban J connectivity index is 2.30. The quantitative estimate of drug-likeness (QED) is 0.665. The molecule has 0 aromatic carbocycles. The lowest BCUT2D eigenvalue weighted by Gasteiger charge is -2.33. The standard InChI is InChI=1S/C11H22N2O3/c1-9(2)5-12-11(15)6-13-3-4-16-8-10(13)7-14/h9-10,14H,3-8H2,1-2H3,(H,12,15). The smallest absolute Gasteiger partial charge is 0.234 e. The van der Waals surface area contributed by atoms with E-state index in [1.165, 1.54) is 0 Å². The molecular weight excluding hydrogens is 208 g/mol. The molecule has 5 heteroatoms. The van der Waals surface area contributed by atoms with Crippen LogP contribution in [0.25, 0.3) is 0 Å². The van der Waals surface area contributed by atoms with Gasteiger partial charge >= 0.3 is 0 Å². The number of nitrogens with zero attached hydrogens (tertiary/aromatic N) is 1. The molecule has 0 radical (unpaired) electrons. The normalized spacial score (nSPS) is 22.4. The Morgan fingerprint density at radius 1 is 1.62 bits per heavy atom. The minimum Gasteiger partial charge on any atom is -0.395 e. The first-order chi connectivity index (χ1) is 7.63. The summed E-state index contributed by atoms with van der Waals surface area (Å²) in [5, 5.41) is 12.0. The summed E-state index contributed by atoms with van der Waals surface area (Å²) >= 11 is 0. The van der Waals surface area contributed by atoms with Crippen molar-refractivity contribution >= 4 is 5.91 Å². The van der Waals surface area contributed by atoms with Crippen LogP contribution in [-0.4, -0.2) is 61.4 Å². The van der Waals surface area contributed by atoms with Gasteiger partial charge in [-0.1, -0.05) is 13.8 Å². The number of rotatable bonds is 5. The fourth-order valence-corrected chi connectivity index (χ4v) is 1.62. The Morgan fingerprint density at radius 3 is 3.00 bits per heavy atom. The first-order valence-corrected chi connectivity index (χ1v) is 5.82. The van der Waals surface area contributed by atoms with E-state index in [2.05, 4.69) is 19.2 Å². The summed E-state index contributed by atoms with van der Waals surface area (Å²) in [7, 11) is 0. The van der Waals surface area contributed by atoms with Crippen molar-refractivity contribution in [2.75, 3.05) is 39.5 Å². The highest BCUT2D eigenvalue weighted by Gasteiger charge is 2.23. The van der Waals surface area contributed by atoms with Crippen molar-refractivity contribution in [3.05, 3.63) is 0 Å². The van der Waals surface area contributed by atoms with Crippen LogP contribution < -0.4 is 5.32 Å². The summed E-state index contributed by atoms with van der Waals surface area (Å²) in [4.78, 5) is 13.6. The number of morpholine rings is 1. The van der Waals surface area contributed by atoms with Crippen molar-refractivity contribution in [1.29, 1.82) is 0 Å². The van der Waals surface area contributed by atoms with Crippen LogP contribution in [0.3, 0.4) is 0 Å². The Hall–Kier alpha value is -0.650. The average molecular weight is 230 g/mol. The number of nitrogens with one attached hydrogen (secondary N) is 1. The van der Waals surface area contributed by atoms with E-state index in [9.17, 15) is 4.79 Å². The summed E-state index contributed by atoms with van der Waals surface area (Å²) in [6.07, 6.45) is 0. The van der Waals surface area contributed by atoms with Gasteiger partial charge in [0.15, 0.2) is 0 Å². The van der Waals surface area contributed by atoms with E-state index in [1.54, 1.807) is 0 Å². The summed E-state index contributed by atoms with van der Waals surface area (Å²) in [6, 6.07) is -0.0430. The highest BCUT2D eigenvalue weighted by Crippen LogP contribution is 2.05. The molecule has 1 saturated heterocycles. The molecule has 1 rings (SSSR count). The third-order valence-electron chi connectivity index (χ3n) is 2.61. The summed E-state index contributed by atoms with van der Waals surface area (Å²) < 4.78 is 5.25. The molecule has 0 aromatic heterocycles. The predicted octanol–water partition coefficient (Wildman–Crippen LogP) is -0.548. The number of amides is 1. The van der Waals surface area contributed by atoms with E-state index in [0.29, 0.717) is 38.8 Å². The van der Waals surface area contributed by atoms with Gasteiger partial charge in [-0.15, -0.1) is 0 Å². The fraction of sp³-hybridized carbons (Fsp3) is 0.909. The molecule has 5 nitrogen and oxygen atoms in total. The SMILES string of the molecule is CC(C)CNC(=O)CN1CCOCC1CO.